The fourth-order valence-corrected chi connectivity index (χ4v) is 3.41. The summed E-state index contributed by atoms with van der Waals surface area (Å²) in [4.78, 5) is 40.8. The van der Waals surface area contributed by atoms with E-state index in [1.807, 2.05) is 24.3 Å². The number of hydrogen-bond acceptors (Lipinski definition) is 5. The second kappa shape index (κ2) is 8.24. The lowest BCUT2D eigenvalue weighted by molar-refractivity contribution is -0.145. The number of carbonyl (C=O) groups is 2. The van der Waals surface area contributed by atoms with Gasteiger partial charge in [0, 0.05) is 28.9 Å². The van der Waals surface area contributed by atoms with Crippen molar-refractivity contribution < 1.29 is 18.7 Å². The summed E-state index contributed by atoms with van der Waals surface area (Å²) in [6, 6.07) is 15.1. The molecule has 0 aliphatic carbocycles. The maximum atomic E-state index is 12.8. The minimum atomic E-state index is -0.956. The van der Waals surface area contributed by atoms with Gasteiger partial charge in [-0.2, -0.15) is 0 Å². The van der Waals surface area contributed by atoms with E-state index in [0.29, 0.717) is 11.0 Å². The fourth-order valence-electron chi connectivity index (χ4n) is 3.41. The maximum Gasteiger partial charge on any atom is 0.349 e. The fraction of sp³-hybridized carbons (Fsp3) is 0.174. The third-order valence-corrected chi connectivity index (χ3v) is 4.86. The van der Waals surface area contributed by atoms with Crippen LogP contribution in [-0.2, 0) is 16.0 Å². The van der Waals surface area contributed by atoms with Gasteiger partial charge in [-0.25, -0.2) is 9.59 Å². The highest BCUT2D eigenvalue weighted by Gasteiger charge is 2.26. The van der Waals surface area contributed by atoms with Gasteiger partial charge in [0.25, 0.3) is 5.91 Å². The van der Waals surface area contributed by atoms with Crippen molar-refractivity contribution in [3.63, 3.8) is 0 Å². The largest absolute Gasteiger partial charge is 0.464 e. The Balaban J connectivity index is 1.63. The van der Waals surface area contributed by atoms with Crippen LogP contribution in [0.15, 0.2) is 70.0 Å². The molecule has 1 amide bonds. The summed E-state index contributed by atoms with van der Waals surface area (Å²) < 4.78 is 10.4. The Kier molecular flexibility index (Phi) is 5.34. The molecule has 152 valence electrons. The second-order valence-electron chi connectivity index (χ2n) is 6.83. The first-order valence-electron chi connectivity index (χ1n) is 9.62. The van der Waals surface area contributed by atoms with E-state index in [9.17, 15) is 14.4 Å². The number of ether oxygens (including phenoxy) is 1. The number of esters is 1. The van der Waals surface area contributed by atoms with Crippen LogP contribution in [0.1, 0.15) is 22.8 Å². The van der Waals surface area contributed by atoms with Crippen LogP contribution in [0.5, 0.6) is 0 Å². The second-order valence-corrected chi connectivity index (χ2v) is 6.83. The summed E-state index contributed by atoms with van der Waals surface area (Å²) in [5.74, 6) is -1.26. The van der Waals surface area contributed by atoms with Crippen LogP contribution in [0, 0.1) is 0 Å². The summed E-state index contributed by atoms with van der Waals surface area (Å²) >= 11 is 0. The third kappa shape index (κ3) is 3.82. The molecule has 30 heavy (non-hydrogen) atoms. The molecule has 7 heteroatoms. The van der Waals surface area contributed by atoms with Gasteiger partial charge in [0.2, 0.25) is 0 Å². The van der Waals surface area contributed by atoms with Crippen molar-refractivity contribution in [3.05, 3.63) is 82.3 Å². The van der Waals surface area contributed by atoms with E-state index < -0.39 is 23.5 Å². The molecule has 0 fully saturated rings. The molecule has 0 saturated carbocycles. The van der Waals surface area contributed by atoms with Crippen LogP contribution in [0.4, 0.5) is 0 Å². The molecule has 0 bridgehead atoms. The smallest absolute Gasteiger partial charge is 0.349 e. The van der Waals surface area contributed by atoms with E-state index in [4.69, 9.17) is 9.15 Å². The highest BCUT2D eigenvalue weighted by atomic mass is 16.5. The summed E-state index contributed by atoms with van der Waals surface area (Å²) in [5.41, 5.74) is 1.24. The lowest BCUT2D eigenvalue weighted by Crippen LogP contribution is -2.44. The topological polar surface area (TPSA) is 101 Å². The van der Waals surface area contributed by atoms with Gasteiger partial charge in [-0.15, -0.1) is 0 Å². The molecule has 0 aliphatic heterocycles. The summed E-state index contributed by atoms with van der Waals surface area (Å²) in [6.45, 7) is 1.87. The van der Waals surface area contributed by atoms with Gasteiger partial charge in [0.15, 0.2) is 0 Å². The van der Waals surface area contributed by atoms with Crippen LogP contribution in [0.2, 0.25) is 0 Å². The van der Waals surface area contributed by atoms with Crippen molar-refractivity contribution in [2.24, 2.45) is 0 Å². The standard InChI is InChI=1S/C23H20N2O5/c1-2-29-23(28)19(12-15-13-24-18-9-5-4-8-16(15)18)25-21(26)17-11-14-7-3-6-10-20(14)30-22(17)27/h3-11,13,19,24H,2,12H2,1H3,(H,25,26)/t19-/m0/s1. The first kappa shape index (κ1) is 19.4. The first-order chi connectivity index (χ1) is 14.6. The number of fused-ring (bicyclic) bond motifs is 2. The summed E-state index contributed by atoms with van der Waals surface area (Å²) in [7, 11) is 0. The van der Waals surface area contributed by atoms with Crippen LogP contribution in [0.25, 0.3) is 21.9 Å². The van der Waals surface area contributed by atoms with E-state index in [1.54, 1.807) is 37.4 Å². The zero-order valence-corrected chi connectivity index (χ0v) is 16.3. The lowest BCUT2D eigenvalue weighted by Gasteiger charge is -2.17. The van der Waals surface area contributed by atoms with Gasteiger partial charge in [-0.3, -0.25) is 4.79 Å². The van der Waals surface area contributed by atoms with Gasteiger partial charge < -0.3 is 19.5 Å². The Labute approximate surface area is 171 Å². The molecule has 0 saturated heterocycles. The van der Waals surface area contributed by atoms with Crippen molar-refractivity contribution in [2.45, 2.75) is 19.4 Å². The highest BCUT2D eigenvalue weighted by Crippen LogP contribution is 2.20. The number of rotatable bonds is 6. The van der Waals surface area contributed by atoms with E-state index in [2.05, 4.69) is 10.3 Å². The number of benzene rings is 2. The average molecular weight is 404 g/mol. The SMILES string of the molecule is CCOC(=O)[C@H](Cc1c[nH]c2ccccc12)NC(=O)c1cc2ccccc2oc1=O. The van der Waals surface area contributed by atoms with Crippen molar-refractivity contribution in [2.75, 3.05) is 6.61 Å². The Hall–Kier alpha value is -3.87. The molecule has 7 nitrogen and oxygen atoms in total. The molecular weight excluding hydrogens is 384 g/mol. The summed E-state index contributed by atoms with van der Waals surface area (Å²) in [6.07, 6.45) is 2.01. The number of nitrogens with one attached hydrogen (secondary N) is 2. The molecule has 2 heterocycles. The molecule has 1 atom stereocenters. The van der Waals surface area contributed by atoms with E-state index in [-0.39, 0.29) is 18.6 Å². The molecule has 4 rings (SSSR count). The number of para-hydroxylation sites is 2. The van der Waals surface area contributed by atoms with E-state index in [1.165, 1.54) is 6.07 Å². The Morgan fingerprint density at radius 2 is 1.90 bits per heavy atom. The maximum absolute atomic E-state index is 12.8. The van der Waals surface area contributed by atoms with Crippen molar-refractivity contribution in [1.29, 1.82) is 0 Å². The Bertz CT molecular complexity index is 1290. The number of hydrogen-bond donors (Lipinski definition) is 2. The van der Waals surface area contributed by atoms with Gasteiger partial charge in [0.05, 0.1) is 6.61 Å². The lowest BCUT2D eigenvalue weighted by atomic mass is 10.0. The molecule has 0 unspecified atom stereocenters. The molecule has 2 aromatic carbocycles. The zero-order valence-electron chi connectivity index (χ0n) is 16.3. The van der Waals surface area contributed by atoms with Crippen LogP contribution >= 0.6 is 0 Å². The number of aromatic amines is 1. The van der Waals surface area contributed by atoms with Crippen molar-refractivity contribution in [3.8, 4) is 0 Å². The molecule has 2 aromatic heterocycles. The first-order valence-corrected chi connectivity index (χ1v) is 9.62. The number of H-pyrrole nitrogens is 1. The van der Waals surface area contributed by atoms with Gasteiger partial charge >= 0.3 is 11.6 Å². The minimum absolute atomic E-state index is 0.165. The van der Waals surface area contributed by atoms with E-state index in [0.717, 1.165) is 16.5 Å². The third-order valence-electron chi connectivity index (χ3n) is 4.86. The van der Waals surface area contributed by atoms with Crippen LogP contribution < -0.4 is 10.9 Å². The zero-order chi connectivity index (χ0) is 21.1. The Morgan fingerprint density at radius 3 is 2.73 bits per heavy atom. The normalized spacial score (nSPS) is 12.0. The molecule has 0 aliphatic rings. The minimum Gasteiger partial charge on any atom is -0.464 e. The monoisotopic (exact) mass is 404 g/mol. The van der Waals surface area contributed by atoms with Gasteiger partial charge in [-0.05, 0) is 30.7 Å². The molecule has 2 N–H and O–H groups in total. The van der Waals surface area contributed by atoms with Crippen LogP contribution in [-0.4, -0.2) is 29.5 Å². The van der Waals surface area contributed by atoms with Gasteiger partial charge in [0.1, 0.15) is 17.2 Å². The van der Waals surface area contributed by atoms with E-state index >= 15 is 0 Å². The molecular formula is C23H20N2O5. The predicted molar refractivity (Wildman–Crippen MR) is 112 cm³/mol. The van der Waals surface area contributed by atoms with Crippen molar-refractivity contribution >= 4 is 33.7 Å². The van der Waals surface area contributed by atoms with Crippen LogP contribution in [0.3, 0.4) is 0 Å². The summed E-state index contributed by atoms with van der Waals surface area (Å²) in [5, 5.41) is 4.21. The predicted octanol–water partition coefficient (Wildman–Crippen LogP) is 3.18. The highest BCUT2D eigenvalue weighted by molar-refractivity contribution is 5.99. The number of amides is 1. The van der Waals surface area contributed by atoms with Gasteiger partial charge in [-0.1, -0.05) is 36.4 Å². The molecule has 4 aromatic rings. The Morgan fingerprint density at radius 1 is 1.13 bits per heavy atom. The number of carbonyl (C=O) groups excluding carboxylic acids is 2. The number of aromatic nitrogens is 1. The average Bonchev–Trinajstić information content (AvgIpc) is 3.15. The van der Waals surface area contributed by atoms with Crippen molar-refractivity contribution in [1.82, 2.24) is 10.3 Å². The quantitative estimate of drug-likeness (QED) is 0.380. The molecule has 0 radical (unpaired) electrons. The molecule has 0 spiro atoms.